The Hall–Kier alpha value is -2.00. The van der Waals surface area contributed by atoms with Gasteiger partial charge < -0.3 is 15.8 Å². The van der Waals surface area contributed by atoms with Crippen LogP contribution in [0.25, 0.3) is 11.1 Å². The maximum absolute atomic E-state index is 5.90. The van der Waals surface area contributed by atoms with Gasteiger partial charge in [-0.3, -0.25) is 0 Å². The zero-order valence-corrected chi connectivity index (χ0v) is 11.4. The number of aryl methyl sites for hydroxylation is 1. The first-order valence-corrected chi connectivity index (χ1v) is 6.40. The number of hydrogen-bond acceptors (Lipinski definition) is 3. The highest BCUT2D eigenvalue weighted by molar-refractivity contribution is 5.80. The minimum atomic E-state index is 0.678. The number of benzene rings is 2. The average Bonchev–Trinajstić information content (AvgIpc) is 2.41. The standard InChI is InChI=1S/C16H20N2O/c1-12-3-5-13(6-4-12)15-11-14(17)7-8-16(15)18-9-10-19-2/h3-8,11,18H,9-10,17H2,1-2H3. The topological polar surface area (TPSA) is 47.3 Å². The van der Waals surface area contributed by atoms with Gasteiger partial charge in [-0.05, 0) is 30.7 Å². The summed E-state index contributed by atoms with van der Waals surface area (Å²) < 4.78 is 5.06. The van der Waals surface area contributed by atoms with Gasteiger partial charge in [-0.25, -0.2) is 0 Å². The van der Waals surface area contributed by atoms with E-state index in [1.807, 2.05) is 18.2 Å². The predicted octanol–water partition coefficient (Wildman–Crippen LogP) is 3.30. The molecule has 0 radical (unpaired) electrons. The maximum atomic E-state index is 5.90. The van der Waals surface area contributed by atoms with Gasteiger partial charge in [0.15, 0.2) is 0 Å². The summed E-state index contributed by atoms with van der Waals surface area (Å²) in [5.41, 5.74) is 11.3. The Kier molecular flexibility index (Phi) is 4.42. The number of nitrogen functional groups attached to an aromatic ring is 1. The van der Waals surface area contributed by atoms with Gasteiger partial charge in [-0.1, -0.05) is 29.8 Å². The van der Waals surface area contributed by atoms with Gasteiger partial charge in [0.25, 0.3) is 0 Å². The number of nitrogens with one attached hydrogen (secondary N) is 1. The molecule has 0 unspecified atom stereocenters. The third-order valence-electron chi connectivity index (χ3n) is 3.03. The summed E-state index contributed by atoms with van der Waals surface area (Å²) in [6.07, 6.45) is 0. The van der Waals surface area contributed by atoms with E-state index in [9.17, 15) is 0 Å². The molecule has 0 aromatic heterocycles. The second-order valence-corrected chi connectivity index (χ2v) is 4.59. The second kappa shape index (κ2) is 6.25. The molecular weight excluding hydrogens is 236 g/mol. The number of rotatable bonds is 5. The first kappa shape index (κ1) is 13.4. The average molecular weight is 256 g/mol. The fraction of sp³-hybridized carbons (Fsp3) is 0.250. The van der Waals surface area contributed by atoms with Crippen molar-refractivity contribution >= 4 is 11.4 Å². The lowest BCUT2D eigenvalue weighted by Gasteiger charge is -2.13. The summed E-state index contributed by atoms with van der Waals surface area (Å²) in [4.78, 5) is 0. The Morgan fingerprint density at radius 1 is 1.11 bits per heavy atom. The van der Waals surface area contributed by atoms with Crippen molar-refractivity contribution in [2.75, 3.05) is 31.3 Å². The lowest BCUT2D eigenvalue weighted by atomic mass is 10.0. The maximum Gasteiger partial charge on any atom is 0.0635 e. The van der Waals surface area contributed by atoms with Gasteiger partial charge in [0, 0.05) is 30.6 Å². The zero-order valence-electron chi connectivity index (χ0n) is 11.4. The minimum Gasteiger partial charge on any atom is -0.399 e. The van der Waals surface area contributed by atoms with E-state index < -0.39 is 0 Å². The van der Waals surface area contributed by atoms with E-state index in [0.717, 1.165) is 29.0 Å². The monoisotopic (exact) mass is 256 g/mol. The van der Waals surface area contributed by atoms with Crippen LogP contribution < -0.4 is 11.1 Å². The van der Waals surface area contributed by atoms with Crippen LogP contribution in [0.2, 0.25) is 0 Å². The first-order valence-electron chi connectivity index (χ1n) is 6.40. The summed E-state index contributed by atoms with van der Waals surface area (Å²) in [5, 5.41) is 3.37. The number of hydrogen-bond donors (Lipinski definition) is 2. The highest BCUT2D eigenvalue weighted by Crippen LogP contribution is 2.30. The van der Waals surface area contributed by atoms with Crippen molar-refractivity contribution in [3.05, 3.63) is 48.0 Å². The summed E-state index contributed by atoms with van der Waals surface area (Å²) in [6, 6.07) is 14.4. The van der Waals surface area contributed by atoms with Crippen LogP contribution in [0.4, 0.5) is 11.4 Å². The highest BCUT2D eigenvalue weighted by Gasteiger charge is 2.05. The molecule has 2 rings (SSSR count). The van der Waals surface area contributed by atoms with Gasteiger partial charge in [-0.2, -0.15) is 0 Å². The lowest BCUT2D eigenvalue weighted by Crippen LogP contribution is -2.08. The number of nitrogens with two attached hydrogens (primary N) is 1. The van der Waals surface area contributed by atoms with Crippen molar-refractivity contribution in [3.63, 3.8) is 0 Å². The molecular formula is C16H20N2O. The Morgan fingerprint density at radius 3 is 2.53 bits per heavy atom. The van der Waals surface area contributed by atoms with Crippen LogP contribution in [-0.4, -0.2) is 20.3 Å². The van der Waals surface area contributed by atoms with Crippen LogP contribution >= 0.6 is 0 Å². The molecule has 100 valence electrons. The molecule has 0 aliphatic rings. The minimum absolute atomic E-state index is 0.678. The number of methoxy groups -OCH3 is 1. The SMILES string of the molecule is COCCNc1ccc(N)cc1-c1ccc(C)cc1. The van der Waals surface area contributed by atoms with Crippen molar-refractivity contribution in [2.45, 2.75) is 6.92 Å². The smallest absolute Gasteiger partial charge is 0.0635 e. The first-order chi connectivity index (χ1) is 9.20. The van der Waals surface area contributed by atoms with E-state index >= 15 is 0 Å². The van der Waals surface area contributed by atoms with Crippen LogP contribution in [0, 0.1) is 6.92 Å². The Morgan fingerprint density at radius 2 is 1.84 bits per heavy atom. The summed E-state index contributed by atoms with van der Waals surface area (Å²) in [7, 11) is 1.70. The molecule has 0 aliphatic carbocycles. The summed E-state index contributed by atoms with van der Waals surface area (Å²) in [6.45, 7) is 3.54. The molecule has 0 saturated heterocycles. The van der Waals surface area contributed by atoms with Crippen LogP contribution in [0.3, 0.4) is 0 Å². The van der Waals surface area contributed by atoms with E-state index in [1.165, 1.54) is 5.56 Å². The molecule has 0 heterocycles. The van der Waals surface area contributed by atoms with E-state index in [-0.39, 0.29) is 0 Å². The predicted molar refractivity (Wildman–Crippen MR) is 81.4 cm³/mol. The van der Waals surface area contributed by atoms with Crippen molar-refractivity contribution in [2.24, 2.45) is 0 Å². The van der Waals surface area contributed by atoms with Crippen molar-refractivity contribution < 1.29 is 4.74 Å². The fourth-order valence-electron chi connectivity index (χ4n) is 1.98. The molecule has 3 nitrogen and oxygen atoms in total. The molecule has 3 heteroatoms. The van der Waals surface area contributed by atoms with Gasteiger partial charge in [0.05, 0.1) is 6.61 Å². The number of anilines is 2. The number of ether oxygens (including phenoxy) is 1. The van der Waals surface area contributed by atoms with E-state index in [4.69, 9.17) is 10.5 Å². The van der Waals surface area contributed by atoms with Gasteiger partial charge in [0.2, 0.25) is 0 Å². The second-order valence-electron chi connectivity index (χ2n) is 4.59. The molecule has 0 saturated carbocycles. The van der Waals surface area contributed by atoms with E-state index in [0.29, 0.717) is 6.61 Å². The van der Waals surface area contributed by atoms with Crippen molar-refractivity contribution in [1.29, 1.82) is 0 Å². The molecule has 2 aromatic carbocycles. The molecule has 19 heavy (non-hydrogen) atoms. The summed E-state index contributed by atoms with van der Waals surface area (Å²) in [5.74, 6) is 0. The van der Waals surface area contributed by atoms with Gasteiger partial charge >= 0.3 is 0 Å². The quantitative estimate of drug-likeness (QED) is 0.637. The largest absolute Gasteiger partial charge is 0.399 e. The van der Waals surface area contributed by atoms with Crippen LogP contribution in [0.5, 0.6) is 0 Å². The lowest BCUT2D eigenvalue weighted by molar-refractivity contribution is 0.211. The Bertz CT molecular complexity index is 535. The fourth-order valence-corrected chi connectivity index (χ4v) is 1.98. The van der Waals surface area contributed by atoms with Crippen LogP contribution in [0.1, 0.15) is 5.56 Å². The van der Waals surface area contributed by atoms with Crippen LogP contribution in [0.15, 0.2) is 42.5 Å². The molecule has 0 fully saturated rings. The van der Waals surface area contributed by atoms with Crippen LogP contribution in [-0.2, 0) is 4.74 Å². The van der Waals surface area contributed by atoms with Gasteiger partial charge in [0.1, 0.15) is 0 Å². The molecule has 0 atom stereocenters. The third kappa shape index (κ3) is 3.48. The van der Waals surface area contributed by atoms with Gasteiger partial charge in [-0.15, -0.1) is 0 Å². The molecule has 0 spiro atoms. The van der Waals surface area contributed by atoms with Crippen molar-refractivity contribution in [1.82, 2.24) is 0 Å². The molecule has 3 N–H and O–H groups in total. The Labute approximate surface area is 114 Å². The molecule has 2 aromatic rings. The summed E-state index contributed by atoms with van der Waals surface area (Å²) >= 11 is 0. The van der Waals surface area contributed by atoms with E-state index in [2.05, 4.69) is 36.5 Å². The highest BCUT2D eigenvalue weighted by atomic mass is 16.5. The third-order valence-corrected chi connectivity index (χ3v) is 3.03. The Balaban J connectivity index is 2.31. The zero-order chi connectivity index (χ0) is 13.7. The molecule has 0 aliphatic heterocycles. The molecule has 0 bridgehead atoms. The normalized spacial score (nSPS) is 10.4. The molecule has 0 amide bonds. The van der Waals surface area contributed by atoms with Crippen molar-refractivity contribution in [3.8, 4) is 11.1 Å². The van der Waals surface area contributed by atoms with E-state index in [1.54, 1.807) is 7.11 Å².